The molecule has 3 heteroatoms. The van der Waals surface area contributed by atoms with E-state index >= 15 is 0 Å². The standard InChI is InChI=1S/C19H24O3/c1-21-16-9-7-14(18(12-16)22-2)11-15-8-10-17(19(15)20)13-5-3-4-6-13/h7,9,11-13,17H,3-6,8,10H2,1-2H3/b15-11+/t17-/m0/s1. The lowest BCUT2D eigenvalue weighted by Crippen LogP contribution is -2.16. The maximum Gasteiger partial charge on any atom is 0.162 e. The Bertz CT molecular complexity index is 582. The van der Waals surface area contributed by atoms with Gasteiger partial charge < -0.3 is 9.47 Å². The zero-order valence-electron chi connectivity index (χ0n) is 13.4. The normalized spacial score (nSPS) is 24.2. The molecule has 3 rings (SSSR count). The zero-order valence-corrected chi connectivity index (χ0v) is 13.4. The molecule has 118 valence electrons. The minimum atomic E-state index is 0.262. The molecule has 0 aliphatic heterocycles. The van der Waals surface area contributed by atoms with E-state index in [9.17, 15) is 4.79 Å². The van der Waals surface area contributed by atoms with Crippen molar-refractivity contribution in [3.05, 3.63) is 29.3 Å². The van der Waals surface area contributed by atoms with Crippen molar-refractivity contribution in [1.82, 2.24) is 0 Å². The van der Waals surface area contributed by atoms with Gasteiger partial charge in [-0.3, -0.25) is 4.79 Å². The Hall–Kier alpha value is -1.77. The molecule has 2 aliphatic carbocycles. The molecule has 1 aromatic carbocycles. The van der Waals surface area contributed by atoms with E-state index in [1.54, 1.807) is 14.2 Å². The number of rotatable bonds is 4. The molecular formula is C19H24O3. The van der Waals surface area contributed by atoms with Crippen molar-refractivity contribution in [2.45, 2.75) is 38.5 Å². The first-order valence-corrected chi connectivity index (χ1v) is 8.19. The number of ketones is 1. The first kappa shape index (κ1) is 15.1. The third-order valence-corrected chi connectivity index (χ3v) is 5.12. The molecule has 0 heterocycles. The quantitative estimate of drug-likeness (QED) is 0.780. The number of carbonyl (C=O) groups is 1. The minimum absolute atomic E-state index is 0.262. The highest BCUT2D eigenvalue weighted by atomic mass is 16.5. The molecule has 1 atom stereocenters. The molecule has 0 N–H and O–H groups in total. The van der Waals surface area contributed by atoms with E-state index in [1.165, 1.54) is 25.7 Å². The monoisotopic (exact) mass is 300 g/mol. The Balaban J connectivity index is 1.82. The van der Waals surface area contributed by atoms with Crippen LogP contribution >= 0.6 is 0 Å². The summed E-state index contributed by atoms with van der Waals surface area (Å²) in [6.07, 6.45) is 8.98. The van der Waals surface area contributed by atoms with Crippen LogP contribution in [0.1, 0.15) is 44.1 Å². The van der Waals surface area contributed by atoms with Gasteiger partial charge in [0.15, 0.2) is 5.78 Å². The number of ether oxygens (including phenoxy) is 2. The fourth-order valence-corrected chi connectivity index (χ4v) is 3.88. The van der Waals surface area contributed by atoms with Crippen LogP contribution in [0.15, 0.2) is 23.8 Å². The first-order valence-electron chi connectivity index (χ1n) is 8.19. The van der Waals surface area contributed by atoms with E-state index in [0.29, 0.717) is 11.7 Å². The van der Waals surface area contributed by atoms with Gasteiger partial charge in [0.05, 0.1) is 14.2 Å². The topological polar surface area (TPSA) is 35.5 Å². The Labute approximate surface area is 132 Å². The Morgan fingerprint density at radius 2 is 1.86 bits per heavy atom. The summed E-state index contributed by atoms with van der Waals surface area (Å²) in [5.41, 5.74) is 1.92. The summed E-state index contributed by atoms with van der Waals surface area (Å²) >= 11 is 0. The summed E-state index contributed by atoms with van der Waals surface area (Å²) < 4.78 is 10.6. The summed E-state index contributed by atoms with van der Waals surface area (Å²) in [5.74, 6) is 2.77. The highest BCUT2D eigenvalue weighted by molar-refractivity contribution is 6.03. The van der Waals surface area contributed by atoms with Gasteiger partial charge in [-0.05, 0) is 55.4 Å². The Morgan fingerprint density at radius 3 is 2.55 bits per heavy atom. The summed E-state index contributed by atoms with van der Waals surface area (Å²) in [5, 5.41) is 0. The van der Waals surface area contributed by atoms with E-state index in [4.69, 9.17) is 9.47 Å². The predicted octanol–water partition coefficient (Wildman–Crippen LogP) is 4.26. The summed E-state index contributed by atoms with van der Waals surface area (Å²) in [7, 11) is 3.29. The SMILES string of the molecule is COc1ccc(/C=C2\CC[C@@H](C3CCCC3)C2=O)c(OC)c1. The van der Waals surface area contributed by atoms with Gasteiger partial charge in [-0.25, -0.2) is 0 Å². The molecule has 3 nitrogen and oxygen atoms in total. The van der Waals surface area contributed by atoms with Gasteiger partial charge in [-0.2, -0.15) is 0 Å². The van der Waals surface area contributed by atoms with E-state index < -0.39 is 0 Å². The summed E-state index contributed by atoms with van der Waals surface area (Å²) in [6, 6.07) is 5.73. The molecule has 1 aromatic rings. The minimum Gasteiger partial charge on any atom is -0.497 e. The molecule has 0 saturated heterocycles. The van der Waals surface area contributed by atoms with Crippen LogP contribution in [0.3, 0.4) is 0 Å². The second-order valence-electron chi connectivity index (χ2n) is 6.33. The maximum atomic E-state index is 12.7. The average molecular weight is 300 g/mol. The van der Waals surface area contributed by atoms with Crippen LogP contribution < -0.4 is 9.47 Å². The average Bonchev–Trinajstić information content (AvgIpc) is 3.18. The smallest absolute Gasteiger partial charge is 0.162 e. The van der Waals surface area contributed by atoms with Crippen molar-refractivity contribution < 1.29 is 14.3 Å². The molecule has 0 unspecified atom stereocenters. The molecule has 0 aromatic heterocycles. The van der Waals surface area contributed by atoms with Crippen LogP contribution in [0.2, 0.25) is 0 Å². The van der Waals surface area contributed by atoms with Gasteiger partial charge in [0.25, 0.3) is 0 Å². The second kappa shape index (κ2) is 6.55. The van der Waals surface area contributed by atoms with Crippen LogP contribution in [-0.4, -0.2) is 20.0 Å². The maximum absolute atomic E-state index is 12.7. The molecular weight excluding hydrogens is 276 g/mol. The lowest BCUT2D eigenvalue weighted by Gasteiger charge is -2.15. The van der Waals surface area contributed by atoms with Gasteiger partial charge in [0, 0.05) is 17.5 Å². The molecule has 0 radical (unpaired) electrons. The first-order chi connectivity index (χ1) is 10.7. The number of Topliss-reactive ketones (excluding diaryl/α,β-unsaturated/α-hetero) is 1. The number of benzene rings is 1. The Kier molecular flexibility index (Phi) is 4.51. The zero-order chi connectivity index (χ0) is 15.5. The van der Waals surface area contributed by atoms with Crippen LogP contribution in [0.5, 0.6) is 11.5 Å². The van der Waals surface area contributed by atoms with E-state index in [0.717, 1.165) is 35.5 Å². The van der Waals surface area contributed by atoms with Gasteiger partial charge in [0.2, 0.25) is 0 Å². The van der Waals surface area contributed by atoms with Crippen molar-refractivity contribution >= 4 is 11.9 Å². The molecule has 22 heavy (non-hydrogen) atoms. The molecule has 2 aliphatic rings. The van der Waals surface area contributed by atoms with E-state index in [-0.39, 0.29) is 5.92 Å². The van der Waals surface area contributed by atoms with E-state index in [2.05, 4.69) is 0 Å². The van der Waals surface area contributed by atoms with Crippen LogP contribution in [0.4, 0.5) is 0 Å². The van der Waals surface area contributed by atoms with Crippen LogP contribution in [-0.2, 0) is 4.79 Å². The van der Waals surface area contributed by atoms with Crippen molar-refractivity contribution in [2.24, 2.45) is 11.8 Å². The number of carbonyl (C=O) groups excluding carboxylic acids is 1. The predicted molar refractivity (Wildman–Crippen MR) is 87.2 cm³/mol. The fourth-order valence-electron chi connectivity index (χ4n) is 3.88. The fraction of sp³-hybridized carbons (Fsp3) is 0.526. The Morgan fingerprint density at radius 1 is 1.09 bits per heavy atom. The van der Waals surface area contributed by atoms with Crippen molar-refractivity contribution in [1.29, 1.82) is 0 Å². The summed E-state index contributed by atoms with van der Waals surface area (Å²) in [4.78, 5) is 12.7. The molecule has 2 saturated carbocycles. The molecule has 2 fully saturated rings. The van der Waals surface area contributed by atoms with Gasteiger partial charge in [-0.15, -0.1) is 0 Å². The van der Waals surface area contributed by atoms with Crippen molar-refractivity contribution in [3.8, 4) is 11.5 Å². The molecule has 0 spiro atoms. The third kappa shape index (κ3) is 2.90. The molecule has 0 bridgehead atoms. The van der Waals surface area contributed by atoms with E-state index in [1.807, 2.05) is 24.3 Å². The summed E-state index contributed by atoms with van der Waals surface area (Å²) in [6.45, 7) is 0. The van der Waals surface area contributed by atoms with Gasteiger partial charge in [-0.1, -0.05) is 12.8 Å². The third-order valence-electron chi connectivity index (χ3n) is 5.12. The number of hydrogen-bond donors (Lipinski definition) is 0. The van der Waals surface area contributed by atoms with Crippen molar-refractivity contribution in [2.75, 3.05) is 14.2 Å². The van der Waals surface area contributed by atoms with Gasteiger partial charge >= 0.3 is 0 Å². The highest BCUT2D eigenvalue weighted by Crippen LogP contribution is 2.41. The lowest BCUT2D eigenvalue weighted by molar-refractivity contribution is -0.119. The van der Waals surface area contributed by atoms with Crippen LogP contribution in [0, 0.1) is 11.8 Å². The van der Waals surface area contributed by atoms with Crippen LogP contribution in [0.25, 0.3) is 6.08 Å². The lowest BCUT2D eigenvalue weighted by atomic mass is 9.88. The highest BCUT2D eigenvalue weighted by Gasteiger charge is 2.36. The number of methoxy groups -OCH3 is 2. The number of allylic oxidation sites excluding steroid dienone is 1. The number of hydrogen-bond acceptors (Lipinski definition) is 3. The second-order valence-corrected chi connectivity index (χ2v) is 6.33. The van der Waals surface area contributed by atoms with Gasteiger partial charge in [0.1, 0.15) is 11.5 Å². The molecule has 0 amide bonds. The largest absolute Gasteiger partial charge is 0.497 e. The van der Waals surface area contributed by atoms with Crippen molar-refractivity contribution in [3.63, 3.8) is 0 Å².